The zero-order valence-electron chi connectivity index (χ0n) is 19.9. The van der Waals surface area contributed by atoms with Crippen molar-refractivity contribution in [3.05, 3.63) is 91.6 Å². The minimum absolute atomic E-state index is 0.0265. The molecule has 37 heavy (non-hydrogen) atoms. The van der Waals surface area contributed by atoms with Gasteiger partial charge >= 0.3 is 0 Å². The summed E-state index contributed by atoms with van der Waals surface area (Å²) in [5.74, 6) is -0.848. The first-order valence-electron chi connectivity index (χ1n) is 11.1. The molecule has 0 unspecified atom stereocenters. The number of nitrogens with one attached hydrogen (secondary N) is 1. The molecule has 190 valence electrons. The summed E-state index contributed by atoms with van der Waals surface area (Å²) in [5.41, 5.74) is 2.78. The summed E-state index contributed by atoms with van der Waals surface area (Å²) in [7, 11) is 1.52. The van der Waals surface area contributed by atoms with E-state index in [1.807, 2.05) is 37.3 Å². The van der Waals surface area contributed by atoms with Crippen LogP contribution in [0.1, 0.15) is 16.7 Å². The van der Waals surface area contributed by atoms with Crippen molar-refractivity contribution < 1.29 is 28.2 Å². The van der Waals surface area contributed by atoms with Crippen molar-refractivity contribution in [1.29, 1.82) is 0 Å². The fourth-order valence-corrected chi connectivity index (χ4v) is 5.11. The third-order valence-corrected chi connectivity index (χ3v) is 7.09. The number of carbonyl (C=O) groups is 3. The normalized spacial score (nSPS) is 14.3. The average Bonchev–Trinajstić information content (AvgIpc) is 3.12. The molecule has 0 saturated carbocycles. The number of halogens is 2. The van der Waals surface area contributed by atoms with Gasteiger partial charge in [0.1, 0.15) is 19.0 Å². The van der Waals surface area contributed by atoms with Crippen molar-refractivity contribution in [2.24, 2.45) is 0 Å². The van der Waals surface area contributed by atoms with Crippen molar-refractivity contribution in [1.82, 2.24) is 4.90 Å². The van der Waals surface area contributed by atoms with Gasteiger partial charge in [-0.15, -0.1) is 0 Å². The number of rotatable bonds is 8. The van der Waals surface area contributed by atoms with E-state index in [4.69, 9.17) is 9.47 Å². The Balaban J connectivity index is 1.47. The summed E-state index contributed by atoms with van der Waals surface area (Å²) in [6.07, 6.45) is 1.56. The van der Waals surface area contributed by atoms with Gasteiger partial charge in [-0.25, -0.2) is 4.39 Å². The summed E-state index contributed by atoms with van der Waals surface area (Å²) in [5, 5.41) is 1.79. The number of hydrogen-bond acceptors (Lipinski definition) is 6. The maximum Gasteiger partial charge on any atom is 0.294 e. The number of methoxy groups -OCH3 is 1. The second-order valence-electron chi connectivity index (χ2n) is 8.10. The van der Waals surface area contributed by atoms with Gasteiger partial charge in [-0.3, -0.25) is 19.3 Å². The molecule has 0 radical (unpaired) electrons. The molecule has 3 aromatic rings. The molecule has 1 N–H and O–H groups in total. The maximum absolute atomic E-state index is 13.8. The number of carbonyl (C=O) groups excluding carboxylic acids is 3. The predicted octanol–water partition coefficient (Wildman–Crippen LogP) is 6.00. The van der Waals surface area contributed by atoms with Crippen LogP contribution in [-0.2, 0) is 16.2 Å². The molecule has 1 saturated heterocycles. The fraction of sp³-hybridized carbons (Fsp3) is 0.148. The van der Waals surface area contributed by atoms with Crippen molar-refractivity contribution in [3.63, 3.8) is 0 Å². The van der Waals surface area contributed by atoms with Crippen LogP contribution in [0.3, 0.4) is 0 Å². The van der Waals surface area contributed by atoms with Crippen LogP contribution in [0.2, 0.25) is 0 Å². The molecule has 7 nitrogen and oxygen atoms in total. The van der Waals surface area contributed by atoms with Gasteiger partial charge in [-0.1, -0.05) is 42.0 Å². The number of ether oxygens (including phenoxy) is 2. The molecule has 10 heteroatoms. The van der Waals surface area contributed by atoms with Crippen molar-refractivity contribution in [3.8, 4) is 11.5 Å². The summed E-state index contributed by atoms with van der Waals surface area (Å²) < 4.78 is 26.1. The van der Waals surface area contributed by atoms with E-state index < -0.39 is 29.4 Å². The molecule has 1 heterocycles. The fourth-order valence-electron chi connectivity index (χ4n) is 3.49. The Hall–Kier alpha value is -3.38. The highest BCUT2D eigenvalue weighted by molar-refractivity contribution is 14.1. The third kappa shape index (κ3) is 6.50. The molecule has 3 aromatic carbocycles. The van der Waals surface area contributed by atoms with Crippen LogP contribution in [0.25, 0.3) is 6.08 Å². The molecule has 4 rings (SSSR count). The quantitative estimate of drug-likeness (QED) is 0.242. The number of benzene rings is 3. The van der Waals surface area contributed by atoms with Gasteiger partial charge < -0.3 is 14.8 Å². The van der Waals surface area contributed by atoms with Gasteiger partial charge in [0.15, 0.2) is 11.5 Å². The van der Waals surface area contributed by atoms with Gasteiger partial charge in [-0.05, 0) is 82.7 Å². The Kier molecular flexibility index (Phi) is 8.49. The molecule has 3 amide bonds. The lowest BCUT2D eigenvalue weighted by molar-refractivity contribution is -0.127. The molecule has 1 aliphatic rings. The Morgan fingerprint density at radius 2 is 1.86 bits per heavy atom. The van der Waals surface area contributed by atoms with Crippen molar-refractivity contribution >= 4 is 63.2 Å². The average molecular weight is 632 g/mol. The second-order valence-corrected chi connectivity index (χ2v) is 10.3. The van der Waals surface area contributed by atoms with Crippen LogP contribution in [0.5, 0.6) is 11.5 Å². The lowest BCUT2D eigenvalue weighted by atomic mass is 10.1. The van der Waals surface area contributed by atoms with E-state index >= 15 is 0 Å². The second kappa shape index (κ2) is 11.8. The van der Waals surface area contributed by atoms with Gasteiger partial charge in [0, 0.05) is 0 Å². The number of thioether (sulfide) groups is 1. The van der Waals surface area contributed by atoms with Crippen molar-refractivity contribution in [2.45, 2.75) is 13.5 Å². The highest BCUT2D eigenvalue weighted by Crippen LogP contribution is 2.37. The number of hydrogen-bond donors (Lipinski definition) is 1. The summed E-state index contributed by atoms with van der Waals surface area (Å²) in [6, 6.07) is 17.2. The Morgan fingerprint density at radius 1 is 1.14 bits per heavy atom. The van der Waals surface area contributed by atoms with Gasteiger partial charge in [0.05, 0.1) is 21.3 Å². The van der Waals surface area contributed by atoms with Gasteiger partial charge in [0.2, 0.25) is 5.91 Å². The standard InChI is InChI=1S/C27H22FIN2O5S/c1-16-7-9-17(10-8-16)15-36-25-20(29)11-18(12-22(25)35-2)13-23-26(33)31(27(34)37-23)14-24(32)30-21-6-4-3-5-19(21)28/h3-13H,14-15H2,1-2H3,(H,30,32)/b23-13-. The highest BCUT2D eigenvalue weighted by Gasteiger charge is 2.36. The first kappa shape index (κ1) is 26.7. The number of para-hydroxylation sites is 1. The molecule has 0 spiro atoms. The number of nitrogens with zero attached hydrogens (tertiary/aromatic N) is 1. The zero-order valence-corrected chi connectivity index (χ0v) is 22.9. The van der Waals surface area contributed by atoms with Crippen LogP contribution < -0.4 is 14.8 Å². The molecule has 0 bridgehead atoms. The Morgan fingerprint density at radius 3 is 2.57 bits per heavy atom. The number of amides is 3. The van der Waals surface area contributed by atoms with Crippen LogP contribution in [0.15, 0.2) is 65.6 Å². The zero-order chi connectivity index (χ0) is 26.5. The van der Waals surface area contributed by atoms with E-state index in [2.05, 4.69) is 27.9 Å². The summed E-state index contributed by atoms with van der Waals surface area (Å²) in [6.45, 7) is 1.85. The smallest absolute Gasteiger partial charge is 0.294 e. The first-order chi connectivity index (χ1) is 17.7. The Labute approximate surface area is 231 Å². The first-order valence-corrected chi connectivity index (χ1v) is 13.0. The number of imide groups is 1. The van der Waals surface area contributed by atoms with Crippen LogP contribution >= 0.6 is 34.4 Å². The summed E-state index contributed by atoms with van der Waals surface area (Å²) in [4.78, 5) is 38.6. The van der Waals surface area contributed by atoms with E-state index in [0.717, 1.165) is 31.4 Å². The Bertz CT molecular complexity index is 1390. The molecule has 0 atom stereocenters. The lowest BCUT2D eigenvalue weighted by Gasteiger charge is -2.14. The highest BCUT2D eigenvalue weighted by atomic mass is 127. The molecule has 0 aromatic heterocycles. The largest absolute Gasteiger partial charge is 0.493 e. The van der Waals surface area contributed by atoms with Crippen LogP contribution in [-0.4, -0.2) is 35.6 Å². The minimum Gasteiger partial charge on any atom is -0.493 e. The molecule has 1 aliphatic heterocycles. The van der Waals surface area contributed by atoms with Gasteiger partial charge in [0.25, 0.3) is 11.1 Å². The van der Waals surface area contributed by atoms with E-state index in [1.165, 1.54) is 25.3 Å². The van der Waals surface area contributed by atoms with E-state index in [-0.39, 0.29) is 10.6 Å². The summed E-state index contributed by atoms with van der Waals surface area (Å²) >= 11 is 2.86. The lowest BCUT2D eigenvalue weighted by Crippen LogP contribution is -2.36. The SMILES string of the molecule is COc1cc(/C=C2\SC(=O)N(CC(=O)Nc3ccccc3F)C2=O)cc(I)c1OCc1ccc(C)cc1. The maximum atomic E-state index is 13.8. The van der Waals surface area contributed by atoms with E-state index in [9.17, 15) is 18.8 Å². The van der Waals surface area contributed by atoms with Crippen LogP contribution in [0.4, 0.5) is 14.9 Å². The van der Waals surface area contributed by atoms with E-state index in [1.54, 1.807) is 18.2 Å². The minimum atomic E-state index is -0.681. The molecule has 0 aliphatic carbocycles. The molecular formula is C27H22FIN2O5S. The van der Waals surface area contributed by atoms with Crippen LogP contribution in [0, 0.1) is 16.3 Å². The molecule has 1 fully saturated rings. The topological polar surface area (TPSA) is 84.9 Å². The monoisotopic (exact) mass is 632 g/mol. The van der Waals surface area contributed by atoms with Gasteiger partial charge in [-0.2, -0.15) is 0 Å². The molecular weight excluding hydrogens is 610 g/mol. The number of anilines is 1. The predicted molar refractivity (Wildman–Crippen MR) is 149 cm³/mol. The van der Waals surface area contributed by atoms with E-state index in [0.29, 0.717) is 23.7 Å². The number of aryl methyl sites for hydroxylation is 1. The van der Waals surface area contributed by atoms with Crippen molar-refractivity contribution in [2.75, 3.05) is 19.0 Å². The third-order valence-electron chi connectivity index (χ3n) is 5.38.